The van der Waals surface area contributed by atoms with Gasteiger partial charge in [0.25, 0.3) is 5.91 Å². The fourth-order valence-corrected chi connectivity index (χ4v) is 2.02. The Morgan fingerprint density at radius 3 is 2.84 bits per heavy atom. The number of benzene rings is 1. The summed E-state index contributed by atoms with van der Waals surface area (Å²) in [5.41, 5.74) is 2.17. The summed E-state index contributed by atoms with van der Waals surface area (Å²) in [6, 6.07) is 7.10. The van der Waals surface area contributed by atoms with Crippen molar-refractivity contribution in [3.63, 3.8) is 0 Å². The van der Waals surface area contributed by atoms with Gasteiger partial charge in [0.05, 0.1) is 24.6 Å². The van der Waals surface area contributed by atoms with Crippen LogP contribution in [0.1, 0.15) is 15.9 Å². The van der Waals surface area contributed by atoms with Gasteiger partial charge in [-0.1, -0.05) is 0 Å². The quantitative estimate of drug-likeness (QED) is 0.942. The molecule has 1 N–H and O–H groups in total. The summed E-state index contributed by atoms with van der Waals surface area (Å²) in [6.45, 7) is 1.91. The summed E-state index contributed by atoms with van der Waals surface area (Å²) < 4.78 is 5.84. The van der Waals surface area contributed by atoms with E-state index in [2.05, 4.69) is 26.2 Å². The van der Waals surface area contributed by atoms with Gasteiger partial charge in [-0.3, -0.25) is 9.78 Å². The first-order valence-corrected chi connectivity index (χ1v) is 6.46. The van der Waals surface area contributed by atoms with Crippen molar-refractivity contribution in [2.24, 2.45) is 0 Å². The Hall–Kier alpha value is -1.88. The number of nitrogens with zero attached hydrogens (tertiary/aromatic N) is 1. The Kier molecular flexibility index (Phi) is 4.16. The summed E-state index contributed by atoms with van der Waals surface area (Å²) in [6.07, 6.45) is 3.31. The van der Waals surface area contributed by atoms with Gasteiger partial charge in [-0.2, -0.15) is 0 Å². The summed E-state index contributed by atoms with van der Waals surface area (Å²) in [5.74, 6) is 0.429. The van der Waals surface area contributed by atoms with Crippen LogP contribution in [0.25, 0.3) is 0 Å². The fraction of sp³-hybridized carbons (Fsp3) is 0.143. The van der Waals surface area contributed by atoms with Gasteiger partial charge < -0.3 is 10.1 Å². The number of methoxy groups -OCH3 is 1. The van der Waals surface area contributed by atoms with E-state index in [1.165, 1.54) is 0 Å². The first kappa shape index (κ1) is 13.5. The minimum Gasteiger partial charge on any atom is -0.497 e. The Balaban J connectivity index is 2.28. The largest absolute Gasteiger partial charge is 0.497 e. The molecule has 1 heterocycles. The average molecular weight is 321 g/mol. The maximum Gasteiger partial charge on any atom is 0.256 e. The minimum absolute atomic E-state index is 0.207. The minimum atomic E-state index is -0.207. The molecule has 0 aliphatic heterocycles. The van der Waals surface area contributed by atoms with E-state index in [9.17, 15) is 4.79 Å². The molecular weight excluding hydrogens is 308 g/mol. The summed E-state index contributed by atoms with van der Waals surface area (Å²) >= 11 is 3.36. The highest BCUT2D eigenvalue weighted by Crippen LogP contribution is 2.24. The predicted octanol–water partition coefficient (Wildman–Crippen LogP) is 3.41. The number of hydrogen-bond acceptors (Lipinski definition) is 3. The highest BCUT2D eigenvalue weighted by Gasteiger charge is 2.12. The molecule has 1 amide bonds. The van der Waals surface area contributed by atoms with Gasteiger partial charge in [0.15, 0.2) is 0 Å². The zero-order valence-corrected chi connectivity index (χ0v) is 12.2. The first-order valence-electron chi connectivity index (χ1n) is 5.67. The van der Waals surface area contributed by atoms with Crippen molar-refractivity contribution in [2.45, 2.75) is 6.92 Å². The van der Waals surface area contributed by atoms with Crippen LogP contribution in [0.4, 0.5) is 5.69 Å². The summed E-state index contributed by atoms with van der Waals surface area (Å²) in [7, 11) is 1.57. The van der Waals surface area contributed by atoms with E-state index in [-0.39, 0.29) is 5.91 Å². The highest BCUT2D eigenvalue weighted by atomic mass is 79.9. The van der Waals surface area contributed by atoms with Crippen molar-refractivity contribution in [2.75, 3.05) is 12.4 Å². The average Bonchev–Trinajstić information content (AvgIpc) is 2.42. The smallest absolute Gasteiger partial charge is 0.256 e. The summed E-state index contributed by atoms with van der Waals surface area (Å²) in [4.78, 5) is 16.2. The van der Waals surface area contributed by atoms with Gasteiger partial charge in [0.2, 0.25) is 0 Å². The number of pyridine rings is 1. The first-order chi connectivity index (χ1) is 9.11. The van der Waals surface area contributed by atoms with E-state index in [1.54, 1.807) is 37.7 Å². The third-order valence-corrected chi connectivity index (χ3v) is 3.40. The van der Waals surface area contributed by atoms with Crippen molar-refractivity contribution in [3.8, 4) is 5.75 Å². The van der Waals surface area contributed by atoms with Gasteiger partial charge in [-0.25, -0.2) is 0 Å². The predicted molar refractivity (Wildman–Crippen MR) is 77.6 cm³/mol. The number of amides is 1. The van der Waals surface area contributed by atoms with Gasteiger partial charge in [0, 0.05) is 10.7 Å². The van der Waals surface area contributed by atoms with Crippen molar-refractivity contribution >= 4 is 27.5 Å². The van der Waals surface area contributed by atoms with Crippen molar-refractivity contribution < 1.29 is 9.53 Å². The van der Waals surface area contributed by atoms with E-state index >= 15 is 0 Å². The molecule has 19 heavy (non-hydrogen) atoms. The standard InChI is InChI=1S/C14H13BrN2O2/c1-9-5-6-16-8-13(9)17-14(18)11-7-10(19-2)3-4-12(11)15/h3-8H,1-2H3,(H,17,18). The maximum atomic E-state index is 12.2. The van der Waals surface area contributed by atoms with Crippen LogP contribution < -0.4 is 10.1 Å². The number of rotatable bonds is 3. The van der Waals surface area contributed by atoms with Crippen molar-refractivity contribution in [1.29, 1.82) is 0 Å². The maximum absolute atomic E-state index is 12.2. The Bertz CT molecular complexity index is 614. The lowest BCUT2D eigenvalue weighted by Crippen LogP contribution is -2.13. The lowest BCUT2D eigenvalue weighted by Gasteiger charge is -2.10. The molecule has 0 saturated heterocycles. The molecule has 98 valence electrons. The third kappa shape index (κ3) is 3.12. The molecule has 0 atom stereocenters. The van der Waals surface area contributed by atoms with Crippen LogP contribution in [0, 0.1) is 6.92 Å². The molecule has 0 bridgehead atoms. The fourth-order valence-electron chi connectivity index (χ4n) is 1.59. The van der Waals surface area contributed by atoms with E-state index < -0.39 is 0 Å². The molecule has 0 spiro atoms. The number of hydrogen-bond donors (Lipinski definition) is 1. The highest BCUT2D eigenvalue weighted by molar-refractivity contribution is 9.10. The second-order valence-corrected chi connectivity index (χ2v) is 4.84. The number of carbonyl (C=O) groups is 1. The normalized spacial score (nSPS) is 10.1. The molecule has 5 heteroatoms. The molecule has 0 fully saturated rings. The number of anilines is 1. The topological polar surface area (TPSA) is 51.2 Å². The number of ether oxygens (including phenoxy) is 1. The molecule has 1 aromatic heterocycles. The van der Waals surface area contributed by atoms with Crippen LogP contribution in [-0.2, 0) is 0 Å². The van der Waals surface area contributed by atoms with Crippen LogP contribution in [0.15, 0.2) is 41.1 Å². The van der Waals surface area contributed by atoms with Crippen LogP contribution in [0.2, 0.25) is 0 Å². The van der Waals surface area contributed by atoms with E-state index in [0.29, 0.717) is 21.5 Å². The van der Waals surface area contributed by atoms with Gasteiger partial charge in [-0.05, 0) is 52.7 Å². The molecule has 0 unspecified atom stereocenters. The molecule has 0 aliphatic rings. The van der Waals surface area contributed by atoms with Gasteiger partial charge in [-0.15, -0.1) is 0 Å². The number of carbonyl (C=O) groups excluding carboxylic acids is 1. The van der Waals surface area contributed by atoms with E-state index in [4.69, 9.17) is 4.74 Å². The second-order valence-electron chi connectivity index (χ2n) is 3.99. The van der Waals surface area contributed by atoms with Crippen LogP contribution in [0.3, 0.4) is 0 Å². The van der Waals surface area contributed by atoms with Crippen molar-refractivity contribution in [3.05, 3.63) is 52.3 Å². The zero-order chi connectivity index (χ0) is 13.8. The van der Waals surface area contributed by atoms with Crippen LogP contribution in [-0.4, -0.2) is 18.0 Å². The molecule has 0 saturated carbocycles. The lowest BCUT2D eigenvalue weighted by atomic mass is 10.2. The van der Waals surface area contributed by atoms with E-state index in [0.717, 1.165) is 5.56 Å². The van der Waals surface area contributed by atoms with Crippen LogP contribution >= 0.6 is 15.9 Å². The monoisotopic (exact) mass is 320 g/mol. The Morgan fingerprint density at radius 1 is 1.37 bits per heavy atom. The van der Waals surface area contributed by atoms with E-state index in [1.807, 2.05) is 13.0 Å². The third-order valence-electron chi connectivity index (χ3n) is 2.71. The molecule has 0 aliphatic carbocycles. The van der Waals surface area contributed by atoms with Gasteiger partial charge in [0.1, 0.15) is 5.75 Å². The number of nitrogens with one attached hydrogen (secondary N) is 1. The van der Waals surface area contributed by atoms with Crippen molar-refractivity contribution in [1.82, 2.24) is 4.98 Å². The number of aromatic nitrogens is 1. The number of halogens is 1. The molecule has 2 rings (SSSR count). The zero-order valence-electron chi connectivity index (χ0n) is 10.6. The summed E-state index contributed by atoms with van der Waals surface area (Å²) in [5, 5.41) is 2.83. The molecule has 0 radical (unpaired) electrons. The Labute approximate surface area is 119 Å². The molecular formula is C14H13BrN2O2. The lowest BCUT2D eigenvalue weighted by molar-refractivity contribution is 0.102. The molecule has 1 aromatic carbocycles. The number of aryl methyl sites for hydroxylation is 1. The van der Waals surface area contributed by atoms with Crippen LogP contribution in [0.5, 0.6) is 5.75 Å². The molecule has 2 aromatic rings. The Morgan fingerprint density at radius 2 is 2.16 bits per heavy atom. The molecule has 4 nitrogen and oxygen atoms in total. The SMILES string of the molecule is COc1ccc(Br)c(C(=O)Nc2cnccc2C)c1. The van der Waals surface area contributed by atoms with Gasteiger partial charge >= 0.3 is 0 Å². The second kappa shape index (κ2) is 5.84.